The number of rotatable bonds is 5. The molecule has 5 nitrogen and oxygen atoms in total. The van der Waals surface area contributed by atoms with E-state index in [1.165, 1.54) is 14.2 Å². The third-order valence-corrected chi connectivity index (χ3v) is 2.89. The van der Waals surface area contributed by atoms with Crippen LogP contribution in [0, 0.1) is 5.41 Å². The van der Waals surface area contributed by atoms with Crippen molar-refractivity contribution < 1.29 is 23.8 Å². The van der Waals surface area contributed by atoms with Crippen molar-refractivity contribution in [2.45, 2.75) is 38.6 Å². The van der Waals surface area contributed by atoms with Crippen molar-refractivity contribution in [3.05, 3.63) is 0 Å². The molecule has 0 spiro atoms. The van der Waals surface area contributed by atoms with Gasteiger partial charge in [-0.3, -0.25) is 4.79 Å². The summed E-state index contributed by atoms with van der Waals surface area (Å²) < 4.78 is 15.3. The van der Waals surface area contributed by atoms with Gasteiger partial charge in [0.15, 0.2) is 5.79 Å². The van der Waals surface area contributed by atoms with Crippen LogP contribution in [0.15, 0.2) is 0 Å². The maximum absolute atomic E-state index is 11.7. The molecule has 1 fully saturated rings. The van der Waals surface area contributed by atoms with E-state index in [0.717, 1.165) is 0 Å². The number of aldehydes is 1. The molecule has 0 aromatic carbocycles. The molecule has 0 bridgehead atoms. The zero-order valence-corrected chi connectivity index (χ0v) is 10.1. The molecule has 1 saturated carbocycles. The molecule has 0 amide bonds. The molecule has 1 aliphatic carbocycles. The molecule has 5 heteroatoms. The Morgan fingerprint density at radius 3 is 2.06 bits per heavy atom. The summed E-state index contributed by atoms with van der Waals surface area (Å²) in [6.45, 7) is 3.49. The first-order valence-electron chi connectivity index (χ1n) is 5.21. The van der Waals surface area contributed by atoms with Crippen molar-refractivity contribution in [1.29, 1.82) is 0 Å². The molecule has 1 rings (SSSR count). The monoisotopic (exact) mass is 230 g/mol. The van der Waals surface area contributed by atoms with Gasteiger partial charge in [0.2, 0.25) is 0 Å². The van der Waals surface area contributed by atoms with Gasteiger partial charge in [-0.25, -0.2) is 0 Å². The summed E-state index contributed by atoms with van der Waals surface area (Å²) in [5.41, 5.74) is -1.10. The Kier molecular flexibility index (Phi) is 3.70. The molecule has 0 aromatic rings. The summed E-state index contributed by atoms with van der Waals surface area (Å²) in [6, 6.07) is 0. The van der Waals surface area contributed by atoms with Crippen molar-refractivity contribution in [3.63, 3.8) is 0 Å². The zero-order valence-electron chi connectivity index (χ0n) is 10.1. The first-order valence-corrected chi connectivity index (χ1v) is 5.21. The molecule has 16 heavy (non-hydrogen) atoms. The topological polar surface area (TPSA) is 61.8 Å². The fourth-order valence-corrected chi connectivity index (χ4v) is 1.89. The van der Waals surface area contributed by atoms with E-state index in [0.29, 0.717) is 6.29 Å². The number of esters is 1. The minimum atomic E-state index is -1.10. The number of carbonyl (C=O) groups is 2. The largest absolute Gasteiger partial charge is 0.462 e. The molecular weight excluding hydrogens is 212 g/mol. The van der Waals surface area contributed by atoms with Crippen LogP contribution < -0.4 is 0 Å². The summed E-state index contributed by atoms with van der Waals surface area (Å²) in [7, 11) is 2.98. The van der Waals surface area contributed by atoms with Gasteiger partial charge in [0.05, 0.1) is 6.10 Å². The van der Waals surface area contributed by atoms with Crippen molar-refractivity contribution in [2.24, 2.45) is 5.41 Å². The minimum absolute atomic E-state index is 0.210. The van der Waals surface area contributed by atoms with Crippen molar-refractivity contribution >= 4 is 12.3 Å². The minimum Gasteiger partial charge on any atom is -0.462 e. The van der Waals surface area contributed by atoms with Gasteiger partial charge in [-0.05, 0) is 13.8 Å². The van der Waals surface area contributed by atoms with Crippen LogP contribution in [0.2, 0.25) is 0 Å². The van der Waals surface area contributed by atoms with Gasteiger partial charge in [-0.1, -0.05) is 0 Å². The average Bonchev–Trinajstić information content (AvgIpc) is 2.18. The highest BCUT2D eigenvalue weighted by Gasteiger charge is 2.61. The van der Waals surface area contributed by atoms with Gasteiger partial charge < -0.3 is 19.0 Å². The highest BCUT2D eigenvalue weighted by Crippen LogP contribution is 2.50. The summed E-state index contributed by atoms with van der Waals surface area (Å²) in [4.78, 5) is 22.8. The predicted octanol–water partition coefficient (Wildman–Crippen LogP) is 0.906. The van der Waals surface area contributed by atoms with Crippen LogP contribution in [0.3, 0.4) is 0 Å². The third-order valence-electron chi connectivity index (χ3n) is 2.89. The summed E-state index contributed by atoms with van der Waals surface area (Å²) in [6.07, 6.45) is 0.822. The number of hydrogen-bond donors (Lipinski definition) is 0. The maximum Gasteiger partial charge on any atom is 0.320 e. The van der Waals surface area contributed by atoms with Crippen LogP contribution in [0.5, 0.6) is 0 Å². The van der Waals surface area contributed by atoms with E-state index in [4.69, 9.17) is 14.2 Å². The highest BCUT2D eigenvalue weighted by atomic mass is 16.7. The summed E-state index contributed by atoms with van der Waals surface area (Å²) >= 11 is 0. The van der Waals surface area contributed by atoms with E-state index in [2.05, 4.69) is 0 Å². The smallest absolute Gasteiger partial charge is 0.320 e. The SMILES string of the molecule is COC1(OC)CC(C=O)(C(=O)OC(C)C)C1. The molecule has 0 aromatic heterocycles. The van der Waals surface area contributed by atoms with Gasteiger partial charge in [0.1, 0.15) is 11.7 Å². The number of ether oxygens (including phenoxy) is 3. The maximum atomic E-state index is 11.7. The average molecular weight is 230 g/mol. The van der Waals surface area contributed by atoms with Gasteiger partial charge in [0, 0.05) is 27.1 Å². The Bertz CT molecular complexity index is 272. The molecule has 0 N–H and O–H groups in total. The third kappa shape index (κ3) is 2.10. The fraction of sp³-hybridized carbons (Fsp3) is 0.818. The van der Waals surface area contributed by atoms with Crippen molar-refractivity contribution in [2.75, 3.05) is 14.2 Å². The van der Waals surface area contributed by atoms with Crippen LogP contribution in [-0.2, 0) is 23.8 Å². The van der Waals surface area contributed by atoms with Crippen LogP contribution in [-0.4, -0.2) is 38.4 Å². The standard InChI is InChI=1S/C11H18O5/c1-8(2)16-9(13)10(7-12)5-11(6-10,14-3)15-4/h7-8H,5-6H2,1-4H3. The van der Waals surface area contributed by atoms with Crippen molar-refractivity contribution in [3.8, 4) is 0 Å². The zero-order chi connectivity index (χ0) is 12.4. The van der Waals surface area contributed by atoms with Crippen LogP contribution in [0.1, 0.15) is 26.7 Å². The predicted molar refractivity (Wildman–Crippen MR) is 55.7 cm³/mol. The lowest BCUT2D eigenvalue weighted by molar-refractivity contribution is -0.287. The molecule has 0 atom stereocenters. The first-order chi connectivity index (χ1) is 7.43. The lowest BCUT2D eigenvalue weighted by atomic mass is 9.65. The summed E-state index contributed by atoms with van der Waals surface area (Å²) in [5, 5.41) is 0. The Morgan fingerprint density at radius 1 is 1.25 bits per heavy atom. The van der Waals surface area contributed by atoms with E-state index in [-0.39, 0.29) is 18.9 Å². The van der Waals surface area contributed by atoms with E-state index in [1.807, 2.05) is 0 Å². The van der Waals surface area contributed by atoms with Gasteiger partial charge in [-0.2, -0.15) is 0 Å². The van der Waals surface area contributed by atoms with Crippen LogP contribution in [0.25, 0.3) is 0 Å². The molecule has 0 unspecified atom stereocenters. The number of carbonyl (C=O) groups excluding carboxylic acids is 2. The fourth-order valence-electron chi connectivity index (χ4n) is 1.89. The van der Waals surface area contributed by atoms with E-state index in [9.17, 15) is 9.59 Å². The quantitative estimate of drug-likeness (QED) is 0.304. The van der Waals surface area contributed by atoms with E-state index >= 15 is 0 Å². The molecule has 0 radical (unpaired) electrons. The van der Waals surface area contributed by atoms with E-state index < -0.39 is 17.2 Å². The summed E-state index contributed by atoms with van der Waals surface area (Å²) in [5.74, 6) is -1.32. The normalized spacial score (nSPS) is 21.3. The lowest BCUT2D eigenvalue weighted by Gasteiger charge is -2.49. The molecule has 0 saturated heterocycles. The molecule has 92 valence electrons. The van der Waals surface area contributed by atoms with Crippen molar-refractivity contribution in [1.82, 2.24) is 0 Å². The Morgan fingerprint density at radius 2 is 1.75 bits per heavy atom. The van der Waals surface area contributed by atoms with Gasteiger partial charge in [-0.15, -0.1) is 0 Å². The number of methoxy groups -OCH3 is 2. The van der Waals surface area contributed by atoms with Gasteiger partial charge >= 0.3 is 5.97 Å². The molecule has 1 aliphatic rings. The van der Waals surface area contributed by atoms with Crippen LogP contribution in [0.4, 0.5) is 0 Å². The Hall–Kier alpha value is -0.940. The molecule has 0 aliphatic heterocycles. The first kappa shape index (κ1) is 13.1. The second-order valence-electron chi connectivity index (χ2n) is 4.40. The van der Waals surface area contributed by atoms with Crippen LogP contribution >= 0.6 is 0 Å². The van der Waals surface area contributed by atoms with Gasteiger partial charge in [0.25, 0.3) is 0 Å². The second kappa shape index (κ2) is 4.51. The Balaban J connectivity index is 2.71. The molecular formula is C11H18O5. The highest BCUT2D eigenvalue weighted by molar-refractivity contribution is 5.94. The second-order valence-corrected chi connectivity index (χ2v) is 4.40. The molecule has 0 heterocycles. The van der Waals surface area contributed by atoms with E-state index in [1.54, 1.807) is 13.8 Å². The lowest BCUT2D eigenvalue weighted by Crippen LogP contribution is -2.59. The Labute approximate surface area is 95.0 Å². The number of hydrogen-bond acceptors (Lipinski definition) is 5.